The van der Waals surface area contributed by atoms with Crippen molar-refractivity contribution >= 4 is 28.4 Å². The van der Waals surface area contributed by atoms with Crippen LogP contribution in [0.3, 0.4) is 0 Å². The number of aromatic nitrogens is 1. The molecule has 1 aliphatic carbocycles. The van der Waals surface area contributed by atoms with Crippen molar-refractivity contribution < 1.29 is 4.79 Å². The van der Waals surface area contributed by atoms with Gasteiger partial charge in [-0.15, -0.1) is 11.6 Å². The molecular formula is C17H19ClN2O. The van der Waals surface area contributed by atoms with Gasteiger partial charge in [-0.05, 0) is 25.3 Å². The Morgan fingerprint density at radius 3 is 2.95 bits per heavy atom. The molecule has 2 aromatic rings. The van der Waals surface area contributed by atoms with E-state index in [1.807, 2.05) is 42.1 Å². The van der Waals surface area contributed by atoms with Crippen molar-refractivity contribution in [1.29, 1.82) is 0 Å². The molecule has 1 amide bonds. The fourth-order valence-electron chi connectivity index (χ4n) is 2.99. The number of nitrogens with zero attached hydrogens (tertiary/aromatic N) is 1. The number of aryl methyl sites for hydroxylation is 1. The number of benzene rings is 1. The van der Waals surface area contributed by atoms with Gasteiger partial charge in [0.2, 0.25) is 0 Å². The molecule has 1 N–H and O–H groups in total. The summed E-state index contributed by atoms with van der Waals surface area (Å²) in [6.45, 7) is 3.98. The first-order valence-electron chi connectivity index (χ1n) is 7.22. The zero-order valence-electron chi connectivity index (χ0n) is 12.1. The molecule has 3 rings (SSSR count). The third kappa shape index (κ3) is 2.70. The molecule has 0 bridgehead atoms. The molecule has 4 heteroatoms. The van der Waals surface area contributed by atoms with E-state index in [0.29, 0.717) is 5.56 Å². The Morgan fingerprint density at radius 1 is 1.43 bits per heavy atom. The maximum Gasteiger partial charge on any atom is 0.253 e. The summed E-state index contributed by atoms with van der Waals surface area (Å²) >= 11 is 6.35. The van der Waals surface area contributed by atoms with Crippen molar-refractivity contribution in [1.82, 2.24) is 9.88 Å². The second-order valence-corrected chi connectivity index (χ2v) is 6.32. The Balaban J connectivity index is 1.83. The van der Waals surface area contributed by atoms with Gasteiger partial charge in [-0.2, -0.15) is 0 Å². The van der Waals surface area contributed by atoms with Crippen LogP contribution in [0.5, 0.6) is 0 Å². The minimum atomic E-state index is -0.0647. The highest BCUT2D eigenvalue weighted by atomic mass is 35.5. The van der Waals surface area contributed by atoms with Crippen molar-refractivity contribution in [2.45, 2.75) is 30.7 Å². The van der Waals surface area contributed by atoms with Crippen LogP contribution in [-0.2, 0) is 7.05 Å². The van der Waals surface area contributed by atoms with E-state index < -0.39 is 0 Å². The quantitative estimate of drug-likeness (QED) is 0.667. The van der Waals surface area contributed by atoms with Crippen LogP contribution in [0.15, 0.2) is 42.6 Å². The van der Waals surface area contributed by atoms with Crippen LogP contribution < -0.4 is 5.32 Å². The van der Waals surface area contributed by atoms with E-state index in [1.165, 1.54) is 5.57 Å². The topological polar surface area (TPSA) is 34.0 Å². The number of para-hydroxylation sites is 1. The van der Waals surface area contributed by atoms with E-state index in [2.05, 4.69) is 11.9 Å². The number of allylic oxidation sites excluding steroid dienone is 1. The SMILES string of the molecule is C=C1CCC(NC(=O)c2cn(C)c3ccccc23)C(Cl)C1. The van der Waals surface area contributed by atoms with Gasteiger partial charge in [0.15, 0.2) is 0 Å². The molecule has 0 saturated heterocycles. The highest BCUT2D eigenvalue weighted by molar-refractivity contribution is 6.21. The molecule has 1 aromatic carbocycles. The summed E-state index contributed by atoms with van der Waals surface area (Å²) < 4.78 is 1.98. The standard InChI is InChI=1S/C17H19ClN2O/c1-11-7-8-15(14(18)9-11)19-17(21)13-10-20(2)16-6-4-3-5-12(13)16/h3-6,10,14-15H,1,7-9H2,2H3,(H,19,21). The molecule has 110 valence electrons. The van der Waals surface area contributed by atoms with Crippen LogP contribution in [-0.4, -0.2) is 21.9 Å². The van der Waals surface area contributed by atoms with Gasteiger partial charge in [0.25, 0.3) is 5.91 Å². The lowest BCUT2D eigenvalue weighted by Crippen LogP contribution is -2.43. The van der Waals surface area contributed by atoms with Crippen LogP contribution in [0, 0.1) is 0 Å². The van der Waals surface area contributed by atoms with Crippen molar-refractivity contribution in [2.75, 3.05) is 0 Å². The minimum Gasteiger partial charge on any atom is -0.350 e. The lowest BCUT2D eigenvalue weighted by atomic mass is 9.91. The van der Waals surface area contributed by atoms with Crippen molar-refractivity contribution in [3.63, 3.8) is 0 Å². The third-order valence-corrected chi connectivity index (χ3v) is 4.65. The Morgan fingerprint density at radius 2 is 2.19 bits per heavy atom. The number of amides is 1. The number of fused-ring (bicyclic) bond motifs is 1. The number of nitrogens with one attached hydrogen (secondary N) is 1. The molecule has 3 nitrogen and oxygen atoms in total. The van der Waals surface area contributed by atoms with Gasteiger partial charge >= 0.3 is 0 Å². The first-order valence-corrected chi connectivity index (χ1v) is 7.65. The molecule has 0 radical (unpaired) electrons. The highest BCUT2D eigenvalue weighted by Gasteiger charge is 2.27. The average Bonchev–Trinajstić information content (AvgIpc) is 2.80. The van der Waals surface area contributed by atoms with Gasteiger partial charge in [-0.3, -0.25) is 4.79 Å². The normalized spacial score (nSPS) is 22.5. The summed E-state index contributed by atoms with van der Waals surface area (Å²) in [6.07, 6.45) is 4.46. The van der Waals surface area contributed by atoms with Crippen LogP contribution in [0.4, 0.5) is 0 Å². The highest BCUT2D eigenvalue weighted by Crippen LogP contribution is 2.27. The van der Waals surface area contributed by atoms with Gasteiger partial charge in [-0.1, -0.05) is 30.4 Å². The van der Waals surface area contributed by atoms with Gasteiger partial charge in [0.1, 0.15) is 0 Å². The second-order valence-electron chi connectivity index (χ2n) is 5.76. The third-order valence-electron chi connectivity index (χ3n) is 4.19. The molecule has 1 fully saturated rings. The molecule has 2 atom stereocenters. The zero-order valence-corrected chi connectivity index (χ0v) is 12.9. The first kappa shape index (κ1) is 14.2. The van der Waals surface area contributed by atoms with E-state index in [9.17, 15) is 4.79 Å². The minimum absolute atomic E-state index is 0.0173. The smallest absolute Gasteiger partial charge is 0.253 e. The molecule has 0 spiro atoms. The lowest BCUT2D eigenvalue weighted by Gasteiger charge is -2.29. The number of hydrogen-bond acceptors (Lipinski definition) is 1. The zero-order chi connectivity index (χ0) is 15.0. The number of hydrogen-bond donors (Lipinski definition) is 1. The second kappa shape index (κ2) is 5.57. The summed E-state index contributed by atoms with van der Waals surface area (Å²) in [6, 6.07) is 7.94. The fourth-order valence-corrected chi connectivity index (χ4v) is 3.40. The molecule has 1 aliphatic rings. The predicted molar refractivity (Wildman–Crippen MR) is 86.8 cm³/mol. The van der Waals surface area contributed by atoms with Crippen molar-refractivity contribution in [3.8, 4) is 0 Å². The number of carbonyl (C=O) groups excluding carboxylic acids is 1. The van der Waals surface area contributed by atoms with E-state index in [1.54, 1.807) is 0 Å². The van der Waals surface area contributed by atoms with Crippen LogP contribution in [0.25, 0.3) is 10.9 Å². The number of alkyl halides is 1. The van der Waals surface area contributed by atoms with Crippen molar-refractivity contribution in [2.24, 2.45) is 7.05 Å². The first-order chi connectivity index (χ1) is 10.1. The van der Waals surface area contributed by atoms with Gasteiger partial charge in [-0.25, -0.2) is 0 Å². The lowest BCUT2D eigenvalue weighted by molar-refractivity contribution is 0.0933. The maximum absolute atomic E-state index is 12.6. The summed E-state index contributed by atoms with van der Waals surface area (Å²) in [5.74, 6) is -0.0463. The largest absolute Gasteiger partial charge is 0.350 e. The van der Waals surface area contributed by atoms with Crippen molar-refractivity contribution in [3.05, 3.63) is 48.2 Å². The Hall–Kier alpha value is -1.74. The van der Waals surface area contributed by atoms with Crippen LogP contribution in [0.2, 0.25) is 0 Å². The van der Waals surface area contributed by atoms with Gasteiger partial charge in [0, 0.05) is 30.2 Å². The maximum atomic E-state index is 12.6. The summed E-state index contributed by atoms with van der Waals surface area (Å²) in [4.78, 5) is 12.6. The summed E-state index contributed by atoms with van der Waals surface area (Å²) in [7, 11) is 1.95. The van der Waals surface area contributed by atoms with Gasteiger partial charge in [0.05, 0.1) is 10.9 Å². The number of halogens is 1. The van der Waals surface area contributed by atoms with E-state index in [0.717, 1.165) is 30.2 Å². The Labute approximate surface area is 129 Å². The molecule has 0 aliphatic heterocycles. The van der Waals surface area contributed by atoms with Crippen LogP contribution in [0.1, 0.15) is 29.6 Å². The van der Waals surface area contributed by atoms with E-state index >= 15 is 0 Å². The predicted octanol–water partition coefficient (Wildman–Crippen LogP) is 3.62. The Bertz CT molecular complexity index is 704. The molecule has 1 aromatic heterocycles. The summed E-state index contributed by atoms with van der Waals surface area (Å²) in [5.41, 5.74) is 2.94. The van der Waals surface area contributed by atoms with Crippen LogP contribution >= 0.6 is 11.6 Å². The number of carbonyl (C=O) groups is 1. The number of rotatable bonds is 2. The molecule has 1 heterocycles. The monoisotopic (exact) mass is 302 g/mol. The molecule has 21 heavy (non-hydrogen) atoms. The van der Waals surface area contributed by atoms with Gasteiger partial charge < -0.3 is 9.88 Å². The Kier molecular flexibility index (Phi) is 3.77. The molecule has 2 unspecified atom stereocenters. The van der Waals surface area contributed by atoms with E-state index in [4.69, 9.17) is 11.6 Å². The fraction of sp³-hybridized carbons (Fsp3) is 0.353. The molecular weight excluding hydrogens is 284 g/mol. The molecule has 1 saturated carbocycles. The summed E-state index contributed by atoms with van der Waals surface area (Å²) in [5, 5.41) is 4.00. The average molecular weight is 303 g/mol. The van der Waals surface area contributed by atoms with E-state index in [-0.39, 0.29) is 17.3 Å².